The third kappa shape index (κ3) is 3.89. The number of nitrogens with one attached hydrogen (secondary N) is 1. The van der Waals surface area contributed by atoms with E-state index in [1.165, 1.54) is 19.3 Å². The summed E-state index contributed by atoms with van der Waals surface area (Å²) < 4.78 is 0. The predicted octanol–water partition coefficient (Wildman–Crippen LogP) is 4.10. The lowest BCUT2D eigenvalue weighted by atomic mass is 10.1. The molecular formula is C21H23N5. The number of anilines is 1. The smallest absolute Gasteiger partial charge is 0.130 e. The van der Waals surface area contributed by atoms with E-state index in [4.69, 9.17) is 0 Å². The molecule has 3 aromatic rings. The van der Waals surface area contributed by atoms with Crippen molar-refractivity contribution in [3.8, 4) is 11.3 Å². The van der Waals surface area contributed by atoms with Crippen LogP contribution in [0.1, 0.15) is 19.3 Å². The normalized spacial score (nSPS) is 15.1. The number of fused-ring (bicyclic) bond motifs is 1. The summed E-state index contributed by atoms with van der Waals surface area (Å²) in [6, 6.07) is 12.2. The lowest BCUT2D eigenvalue weighted by Crippen LogP contribution is -2.32. The number of hydrogen-bond donors (Lipinski definition) is 1. The molecule has 1 saturated heterocycles. The van der Waals surface area contributed by atoms with E-state index in [1.807, 2.05) is 18.3 Å². The van der Waals surface area contributed by atoms with Crippen LogP contribution in [0.25, 0.3) is 22.0 Å². The Labute approximate surface area is 153 Å². The van der Waals surface area contributed by atoms with Crippen LogP contribution in [0, 0.1) is 0 Å². The van der Waals surface area contributed by atoms with E-state index in [1.54, 1.807) is 6.20 Å². The van der Waals surface area contributed by atoms with E-state index < -0.39 is 0 Å². The van der Waals surface area contributed by atoms with Gasteiger partial charge in [0.1, 0.15) is 5.82 Å². The van der Waals surface area contributed by atoms with Gasteiger partial charge in [-0.25, -0.2) is 4.98 Å². The molecule has 1 aliphatic heterocycles. The van der Waals surface area contributed by atoms with Crippen molar-refractivity contribution in [3.05, 3.63) is 61.1 Å². The summed E-state index contributed by atoms with van der Waals surface area (Å²) in [6.07, 6.45) is 7.49. The van der Waals surface area contributed by atoms with Crippen LogP contribution in [0.5, 0.6) is 0 Å². The number of nitrogens with zero attached hydrogens (tertiary/aromatic N) is 4. The highest BCUT2D eigenvalue weighted by atomic mass is 15.2. The highest BCUT2D eigenvalue weighted by Crippen LogP contribution is 2.24. The van der Waals surface area contributed by atoms with Crippen LogP contribution in [0.15, 0.2) is 61.1 Å². The van der Waals surface area contributed by atoms with Crippen molar-refractivity contribution in [3.63, 3.8) is 0 Å². The van der Waals surface area contributed by atoms with Crippen molar-refractivity contribution >= 4 is 16.6 Å². The number of likely N-dealkylation sites (tertiary alicyclic amines) is 1. The van der Waals surface area contributed by atoms with Crippen LogP contribution >= 0.6 is 0 Å². The van der Waals surface area contributed by atoms with Gasteiger partial charge in [0.25, 0.3) is 0 Å². The van der Waals surface area contributed by atoms with Gasteiger partial charge in [-0.1, -0.05) is 25.1 Å². The molecule has 3 heterocycles. The van der Waals surface area contributed by atoms with E-state index >= 15 is 0 Å². The summed E-state index contributed by atoms with van der Waals surface area (Å²) in [7, 11) is 0. The molecule has 5 nitrogen and oxygen atoms in total. The minimum Gasteiger partial charge on any atom is -0.343 e. The number of benzene rings is 1. The lowest BCUT2D eigenvalue weighted by Gasteiger charge is -2.27. The maximum absolute atomic E-state index is 4.52. The summed E-state index contributed by atoms with van der Waals surface area (Å²) in [4.78, 5) is 6.97. The minimum absolute atomic E-state index is 0.829. The summed E-state index contributed by atoms with van der Waals surface area (Å²) in [5.74, 6) is 0.829. The zero-order valence-corrected chi connectivity index (χ0v) is 14.9. The molecule has 0 spiro atoms. The molecule has 0 unspecified atom stereocenters. The first-order valence-electron chi connectivity index (χ1n) is 9.13. The molecule has 1 N–H and O–H groups in total. The minimum atomic E-state index is 0.829. The molecule has 5 heteroatoms. The molecule has 0 aliphatic carbocycles. The average Bonchev–Trinajstić information content (AvgIpc) is 2.69. The Morgan fingerprint density at radius 2 is 1.96 bits per heavy atom. The molecule has 1 aliphatic rings. The molecule has 0 atom stereocenters. The molecule has 26 heavy (non-hydrogen) atoms. The van der Waals surface area contributed by atoms with Gasteiger partial charge in [0.2, 0.25) is 0 Å². The van der Waals surface area contributed by atoms with Crippen molar-refractivity contribution in [2.75, 3.05) is 25.0 Å². The summed E-state index contributed by atoms with van der Waals surface area (Å²) in [6.45, 7) is 7.37. The van der Waals surface area contributed by atoms with Crippen LogP contribution < -0.4 is 5.32 Å². The zero-order chi connectivity index (χ0) is 17.8. The van der Waals surface area contributed by atoms with E-state index in [0.717, 1.165) is 53.2 Å². The Morgan fingerprint density at radius 1 is 1.08 bits per heavy atom. The number of pyridine rings is 1. The third-order valence-electron chi connectivity index (χ3n) is 4.76. The van der Waals surface area contributed by atoms with E-state index in [9.17, 15) is 0 Å². The second kappa shape index (κ2) is 7.62. The third-order valence-corrected chi connectivity index (χ3v) is 4.76. The summed E-state index contributed by atoms with van der Waals surface area (Å²) >= 11 is 0. The van der Waals surface area contributed by atoms with Crippen molar-refractivity contribution in [2.45, 2.75) is 19.3 Å². The van der Waals surface area contributed by atoms with Gasteiger partial charge in [0.05, 0.1) is 5.69 Å². The van der Waals surface area contributed by atoms with Crippen LogP contribution in [0.3, 0.4) is 0 Å². The number of piperidine rings is 1. The van der Waals surface area contributed by atoms with Gasteiger partial charge in [0, 0.05) is 35.6 Å². The molecule has 132 valence electrons. The van der Waals surface area contributed by atoms with Gasteiger partial charge < -0.3 is 5.32 Å². The van der Waals surface area contributed by atoms with E-state index in [-0.39, 0.29) is 0 Å². The van der Waals surface area contributed by atoms with E-state index in [0.29, 0.717) is 0 Å². The first kappa shape index (κ1) is 16.7. The number of aromatic nitrogens is 3. The highest BCUT2D eigenvalue weighted by Gasteiger charge is 2.11. The predicted molar refractivity (Wildman–Crippen MR) is 106 cm³/mol. The van der Waals surface area contributed by atoms with Crippen LogP contribution in [-0.4, -0.2) is 39.7 Å². The fourth-order valence-corrected chi connectivity index (χ4v) is 3.43. The molecular weight excluding hydrogens is 322 g/mol. The summed E-state index contributed by atoms with van der Waals surface area (Å²) in [5.41, 5.74) is 2.91. The summed E-state index contributed by atoms with van der Waals surface area (Å²) in [5, 5.41) is 13.7. The van der Waals surface area contributed by atoms with Crippen molar-refractivity contribution in [1.82, 2.24) is 20.1 Å². The fraction of sp³-hybridized carbons (Fsp3) is 0.286. The Hall–Kier alpha value is -2.79. The van der Waals surface area contributed by atoms with Crippen LogP contribution in [0.2, 0.25) is 0 Å². The fourth-order valence-electron chi connectivity index (χ4n) is 3.43. The van der Waals surface area contributed by atoms with Crippen LogP contribution in [-0.2, 0) is 0 Å². The molecule has 2 aromatic heterocycles. The average molecular weight is 345 g/mol. The second-order valence-corrected chi connectivity index (χ2v) is 6.81. The van der Waals surface area contributed by atoms with Crippen molar-refractivity contribution in [2.24, 2.45) is 0 Å². The van der Waals surface area contributed by atoms with Gasteiger partial charge in [-0.2, -0.15) is 10.2 Å². The SMILES string of the molecule is C=C(CN1CCCCC1)Nc1cc2cc(-c3cccnn3)ccc2cn1. The Kier molecular flexibility index (Phi) is 4.88. The Balaban J connectivity index is 1.51. The van der Waals surface area contributed by atoms with Gasteiger partial charge >= 0.3 is 0 Å². The number of rotatable bonds is 5. The molecule has 0 saturated carbocycles. The highest BCUT2D eigenvalue weighted by molar-refractivity contribution is 5.88. The maximum Gasteiger partial charge on any atom is 0.130 e. The molecule has 0 radical (unpaired) electrons. The standard InChI is InChI=1S/C21H23N5/c1-16(15-26-10-3-2-4-11-26)24-21-13-19-12-17(7-8-18(19)14-22-21)20-6-5-9-23-25-20/h5-9,12-14H,1-4,10-11,15H2,(H,22,24). The second-order valence-electron chi connectivity index (χ2n) is 6.81. The Morgan fingerprint density at radius 3 is 2.77 bits per heavy atom. The van der Waals surface area contributed by atoms with Crippen LogP contribution in [0.4, 0.5) is 5.82 Å². The quantitative estimate of drug-likeness (QED) is 0.754. The molecule has 1 fully saturated rings. The zero-order valence-electron chi connectivity index (χ0n) is 14.9. The monoisotopic (exact) mass is 345 g/mol. The van der Waals surface area contributed by atoms with E-state index in [2.05, 4.69) is 56.2 Å². The maximum atomic E-state index is 4.52. The molecule has 4 rings (SSSR count). The largest absolute Gasteiger partial charge is 0.343 e. The van der Waals surface area contributed by atoms with Crippen molar-refractivity contribution < 1.29 is 0 Å². The van der Waals surface area contributed by atoms with Gasteiger partial charge in [-0.3, -0.25) is 4.90 Å². The van der Waals surface area contributed by atoms with Gasteiger partial charge in [0.15, 0.2) is 0 Å². The van der Waals surface area contributed by atoms with Gasteiger partial charge in [-0.15, -0.1) is 0 Å². The molecule has 0 bridgehead atoms. The topological polar surface area (TPSA) is 53.9 Å². The lowest BCUT2D eigenvalue weighted by molar-refractivity contribution is 0.247. The Bertz CT molecular complexity index is 901. The first-order valence-corrected chi connectivity index (χ1v) is 9.13. The number of hydrogen-bond acceptors (Lipinski definition) is 5. The molecule has 1 aromatic carbocycles. The van der Waals surface area contributed by atoms with Crippen molar-refractivity contribution in [1.29, 1.82) is 0 Å². The molecule has 0 amide bonds. The van der Waals surface area contributed by atoms with Gasteiger partial charge in [-0.05, 0) is 55.6 Å². The first-order chi connectivity index (χ1) is 12.8.